The molecule has 0 heterocycles. The van der Waals surface area contributed by atoms with E-state index in [1.165, 1.54) is 0 Å². The molecule has 0 fully saturated rings. The number of nitrogens with zero attached hydrogens (tertiary/aromatic N) is 2. The van der Waals surface area contributed by atoms with Gasteiger partial charge in [0, 0.05) is 0 Å². The van der Waals surface area contributed by atoms with Crippen LogP contribution in [-0.2, 0) is 0 Å². The zero-order valence-electron chi connectivity index (χ0n) is 9.95. The van der Waals surface area contributed by atoms with E-state index in [2.05, 4.69) is 0 Å². The first kappa shape index (κ1) is 14.7. The molecular formula is C10H20N2O2Te. The molecule has 0 atom stereocenters. The number of hydrogen-bond donors (Lipinski definition) is 0. The molecule has 5 heteroatoms. The monoisotopic (exact) mass is 330 g/mol. The van der Waals surface area contributed by atoms with Crippen molar-refractivity contribution in [2.45, 2.75) is 27.7 Å². The van der Waals surface area contributed by atoms with Crippen LogP contribution >= 0.6 is 0 Å². The van der Waals surface area contributed by atoms with Crippen molar-refractivity contribution in [1.82, 2.24) is 9.80 Å². The molecule has 0 aromatic rings. The third kappa shape index (κ3) is 4.85. The van der Waals surface area contributed by atoms with Gasteiger partial charge in [0.1, 0.15) is 0 Å². The van der Waals surface area contributed by atoms with Crippen molar-refractivity contribution in [1.29, 1.82) is 0 Å². The van der Waals surface area contributed by atoms with E-state index in [4.69, 9.17) is 0 Å². The van der Waals surface area contributed by atoms with Crippen molar-refractivity contribution < 1.29 is 9.59 Å². The fraction of sp³-hybridized carbons (Fsp3) is 0.800. The SMILES string of the molecule is CCN(CC)C(=O)[Te]C(=O)N(CC)CC. The summed E-state index contributed by atoms with van der Waals surface area (Å²) < 4.78 is 0.115. The Morgan fingerprint density at radius 3 is 1.27 bits per heavy atom. The molecule has 15 heavy (non-hydrogen) atoms. The van der Waals surface area contributed by atoms with Crippen molar-refractivity contribution in [3.8, 4) is 0 Å². The van der Waals surface area contributed by atoms with Crippen molar-refractivity contribution in [2.24, 2.45) is 0 Å². The summed E-state index contributed by atoms with van der Waals surface area (Å²) in [5.74, 6) is 0. The van der Waals surface area contributed by atoms with Gasteiger partial charge in [0.15, 0.2) is 0 Å². The van der Waals surface area contributed by atoms with E-state index in [1.54, 1.807) is 9.80 Å². The van der Waals surface area contributed by atoms with Gasteiger partial charge < -0.3 is 0 Å². The number of hydrogen-bond acceptors (Lipinski definition) is 2. The Hall–Kier alpha value is -0.270. The molecule has 0 radical (unpaired) electrons. The molecule has 0 aliphatic heterocycles. The predicted molar refractivity (Wildman–Crippen MR) is 62.4 cm³/mol. The average Bonchev–Trinajstić information content (AvgIpc) is 2.21. The summed E-state index contributed by atoms with van der Waals surface area (Å²) in [5.41, 5.74) is 0. The molecule has 4 nitrogen and oxygen atoms in total. The maximum absolute atomic E-state index is 11.7. The van der Waals surface area contributed by atoms with Gasteiger partial charge >= 0.3 is 102 Å². The van der Waals surface area contributed by atoms with Gasteiger partial charge in [0.25, 0.3) is 0 Å². The summed E-state index contributed by atoms with van der Waals surface area (Å²) >= 11 is -1.22. The van der Waals surface area contributed by atoms with Crippen LogP contribution in [0, 0.1) is 0 Å². The van der Waals surface area contributed by atoms with Crippen molar-refractivity contribution in [3.05, 3.63) is 0 Å². The topological polar surface area (TPSA) is 40.6 Å². The Morgan fingerprint density at radius 1 is 0.800 bits per heavy atom. The van der Waals surface area contributed by atoms with E-state index in [1.807, 2.05) is 27.7 Å². The zero-order valence-corrected chi connectivity index (χ0v) is 12.3. The second-order valence-electron chi connectivity index (χ2n) is 2.98. The van der Waals surface area contributed by atoms with Crippen LogP contribution in [0.4, 0.5) is 9.59 Å². The van der Waals surface area contributed by atoms with Crippen LogP contribution in [0.5, 0.6) is 0 Å². The number of amides is 2. The molecule has 88 valence electrons. The fourth-order valence-corrected chi connectivity index (χ4v) is 3.80. The Balaban J connectivity index is 4.21. The quantitative estimate of drug-likeness (QED) is 0.695. The summed E-state index contributed by atoms with van der Waals surface area (Å²) in [5, 5.41) is 0. The van der Waals surface area contributed by atoms with E-state index in [0.717, 1.165) is 0 Å². The van der Waals surface area contributed by atoms with Crippen molar-refractivity contribution in [3.63, 3.8) is 0 Å². The first-order valence-electron chi connectivity index (χ1n) is 5.36. The molecule has 2 amide bonds. The van der Waals surface area contributed by atoms with Gasteiger partial charge in [-0.1, -0.05) is 0 Å². The third-order valence-corrected chi connectivity index (χ3v) is 4.69. The van der Waals surface area contributed by atoms with Gasteiger partial charge in [0.05, 0.1) is 0 Å². The molecule has 0 N–H and O–H groups in total. The van der Waals surface area contributed by atoms with Gasteiger partial charge in [-0.2, -0.15) is 0 Å². The summed E-state index contributed by atoms with van der Waals surface area (Å²) in [4.78, 5) is 26.9. The first-order chi connectivity index (χ1) is 7.10. The van der Waals surface area contributed by atoms with E-state index >= 15 is 0 Å². The second kappa shape index (κ2) is 7.95. The summed E-state index contributed by atoms with van der Waals surface area (Å²) in [6, 6.07) is 0. The standard InChI is InChI=1S/C10H20N2O2Te/c1-5-11(6-2)9(13)15-10(14)12(7-3)8-4/h5-8H2,1-4H3. The van der Waals surface area contributed by atoms with E-state index in [9.17, 15) is 9.59 Å². The summed E-state index contributed by atoms with van der Waals surface area (Å²) in [7, 11) is 0. The molecule has 0 aliphatic carbocycles. The van der Waals surface area contributed by atoms with E-state index in [-0.39, 0.29) is 7.91 Å². The Labute approximate surface area is 102 Å². The molecule has 0 spiro atoms. The Kier molecular flexibility index (Phi) is 7.81. The van der Waals surface area contributed by atoms with Crippen LogP contribution in [0.3, 0.4) is 0 Å². The molecule has 0 bridgehead atoms. The number of rotatable bonds is 6. The van der Waals surface area contributed by atoms with Crippen LogP contribution in [0.1, 0.15) is 27.7 Å². The Bertz CT molecular complexity index is 191. The van der Waals surface area contributed by atoms with Gasteiger partial charge in [-0.15, -0.1) is 0 Å². The molecule has 0 aromatic carbocycles. The average molecular weight is 328 g/mol. The molecule has 0 saturated heterocycles. The van der Waals surface area contributed by atoms with Crippen LogP contribution in [0.2, 0.25) is 0 Å². The van der Waals surface area contributed by atoms with Crippen molar-refractivity contribution in [2.75, 3.05) is 26.2 Å². The number of carbonyl (C=O) groups is 2. The minimum absolute atomic E-state index is 0.0577. The molecule has 0 aliphatic rings. The zero-order chi connectivity index (χ0) is 11.8. The molecular weight excluding hydrogens is 308 g/mol. The van der Waals surface area contributed by atoms with Crippen LogP contribution < -0.4 is 0 Å². The van der Waals surface area contributed by atoms with Gasteiger partial charge in [-0.25, -0.2) is 0 Å². The Morgan fingerprint density at radius 2 is 1.07 bits per heavy atom. The molecule has 0 saturated carbocycles. The van der Waals surface area contributed by atoms with Crippen molar-refractivity contribution >= 4 is 28.8 Å². The van der Waals surface area contributed by atoms with Gasteiger partial charge in [-0.3, -0.25) is 0 Å². The summed E-state index contributed by atoms with van der Waals surface area (Å²) in [6.07, 6.45) is 0. The molecule has 0 aromatic heterocycles. The normalized spacial score (nSPS) is 9.87. The first-order valence-corrected chi connectivity index (χ1v) is 7.69. The van der Waals surface area contributed by atoms with Gasteiger partial charge in [-0.05, 0) is 0 Å². The second-order valence-corrected chi connectivity index (χ2v) is 5.55. The maximum atomic E-state index is 11.7. The van der Waals surface area contributed by atoms with Crippen LogP contribution in [0.15, 0.2) is 0 Å². The van der Waals surface area contributed by atoms with E-state index < -0.39 is 20.9 Å². The number of carbonyl (C=O) groups excluding carboxylic acids is 2. The predicted octanol–water partition coefficient (Wildman–Crippen LogP) is 1.61. The van der Waals surface area contributed by atoms with Gasteiger partial charge in [0.2, 0.25) is 0 Å². The minimum atomic E-state index is -1.22. The fourth-order valence-electron chi connectivity index (χ4n) is 1.17. The third-order valence-electron chi connectivity index (χ3n) is 2.22. The van der Waals surface area contributed by atoms with Crippen LogP contribution in [0.25, 0.3) is 0 Å². The van der Waals surface area contributed by atoms with Crippen LogP contribution in [-0.4, -0.2) is 64.8 Å². The molecule has 0 unspecified atom stereocenters. The van der Waals surface area contributed by atoms with E-state index in [0.29, 0.717) is 26.2 Å². The summed E-state index contributed by atoms with van der Waals surface area (Å²) in [6.45, 7) is 10.6. The molecule has 0 rings (SSSR count).